The second kappa shape index (κ2) is 9.50. The van der Waals surface area contributed by atoms with Gasteiger partial charge in [0, 0.05) is 49.8 Å². The SMILES string of the molecule is [2H]C([2H])([2H])c1cnc(Nc2ccnn2C)nc1-c1cn2c(n1)C(=O)N(C([2H])([2H])c1ccc(C)c(F)c1)[C@@H](COC)C2. The number of aryl methyl sites for hydroxylation is 3. The minimum Gasteiger partial charge on any atom is -0.382 e. The van der Waals surface area contributed by atoms with Gasteiger partial charge in [0.05, 0.1) is 27.3 Å². The highest BCUT2D eigenvalue weighted by Crippen LogP contribution is 2.27. The molecule has 1 aliphatic heterocycles. The lowest BCUT2D eigenvalue weighted by atomic mass is 10.1. The fraction of sp³-hybridized carbons (Fsp3) is 0.320. The van der Waals surface area contributed by atoms with Crippen molar-refractivity contribution < 1.29 is 20.8 Å². The van der Waals surface area contributed by atoms with Gasteiger partial charge in [-0.2, -0.15) is 5.10 Å². The first-order valence-electron chi connectivity index (χ1n) is 13.6. The van der Waals surface area contributed by atoms with Gasteiger partial charge in [-0.1, -0.05) is 12.1 Å². The van der Waals surface area contributed by atoms with Gasteiger partial charge < -0.3 is 19.5 Å². The summed E-state index contributed by atoms with van der Waals surface area (Å²) in [7, 11) is 3.14. The summed E-state index contributed by atoms with van der Waals surface area (Å²) >= 11 is 0. The maximum absolute atomic E-state index is 14.4. The van der Waals surface area contributed by atoms with Crippen molar-refractivity contribution in [1.82, 2.24) is 34.2 Å². The lowest BCUT2D eigenvalue weighted by molar-refractivity contribution is 0.0380. The Labute approximate surface area is 214 Å². The molecule has 0 saturated heterocycles. The van der Waals surface area contributed by atoms with Gasteiger partial charge in [-0.25, -0.2) is 19.3 Å². The number of anilines is 2. The highest BCUT2D eigenvalue weighted by molar-refractivity contribution is 5.92. The zero-order valence-electron chi connectivity index (χ0n) is 24.9. The Hall–Kier alpha value is -4.12. The molecular formula is C25H27FN8O2. The quantitative estimate of drug-likeness (QED) is 0.420. The number of benzene rings is 1. The summed E-state index contributed by atoms with van der Waals surface area (Å²) in [4.78, 5) is 27.8. The average Bonchev–Trinajstić information content (AvgIpc) is 3.51. The monoisotopic (exact) mass is 495 g/mol. The van der Waals surface area contributed by atoms with Gasteiger partial charge in [0.25, 0.3) is 5.91 Å². The number of carbonyl (C=O) groups excluding carboxylic acids is 1. The topological polar surface area (TPSA) is 103 Å². The van der Waals surface area contributed by atoms with Crippen LogP contribution in [0.4, 0.5) is 16.2 Å². The Morgan fingerprint density at radius 1 is 1.31 bits per heavy atom. The van der Waals surface area contributed by atoms with Crippen LogP contribution < -0.4 is 5.32 Å². The van der Waals surface area contributed by atoms with E-state index in [1.165, 1.54) is 36.2 Å². The number of aromatic nitrogens is 6. The Bertz CT molecular complexity index is 1620. The summed E-state index contributed by atoms with van der Waals surface area (Å²) in [5, 5.41) is 7.05. The number of fused-ring (bicyclic) bond motifs is 1. The number of rotatable bonds is 7. The summed E-state index contributed by atoms with van der Waals surface area (Å²) < 4.78 is 64.4. The normalized spacial score (nSPS) is 18.1. The van der Waals surface area contributed by atoms with Gasteiger partial charge in [0.2, 0.25) is 5.95 Å². The maximum Gasteiger partial charge on any atom is 0.290 e. The lowest BCUT2D eigenvalue weighted by Crippen LogP contribution is -2.49. The molecule has 1 amide bonds. The van der Waals surface area contributed by atoms with E-state index in [1.54, 1.807) is 30.9 Å². The molecule has 0 aliphatic carbocycles. The van der Waals surface area contributed by atoms with Crippen LogP contribution in [0.15, 0.2) is 42.9 Å². The van der Waals surface area contributed by atoms with E-state index in [0.717, 1.165) is 11.0 Å². The summed E-state index contributed by atoms with van der Waals surface area (Å²) in [6.07, 6.45) is 4.25. The molecule has 1 atom stereocenters. The van der Waals surface area contributed by atoms with Crippen molar-refractivity contribution >= 4 is 17.7 Å². The molecule has 10 nitrogen and oxygen atoms in total. The summed E-state index contributed by atoms with van der Waals surface area (Å²) in [6, 6.07) is 4.86. The van der Waals surface area contributed by atoms with Crippen molar-refractivity contribution in [3.8, 4) is 11.4 Å². The van der Waals surface area contributed by atoms with Gasteiger partial charge in [0.1, 0.15) is 17.3 Å². The predicted octanol–water partition coefficient (Wildman–Crippen LogP) is 3.24. The lowest BCUT2D eigenvalue weighted by Gasteiger charge is -2.35. The fourth-order valence-corrected chi connectivity index (χ4v) is 3.93. The number of carbonyl (C=O) groups is 1. The molecule has 1 aliphatic rings. The molecule has 4 heterocycles. The molecule has 0 unspecified atom stereocenters. The molecule has 1 N–H and O–H groups in total. The van der Waals surface area contributed by atoms with E-state index in [0.29, 0.717) is 11.4 Å². The Morgan fingerprint density at radius 3 is 2.89 bits per heavy atom. The molecule has 1 aromatic carbocycles. The Kier molecular flexibility index (Phi) is 4.80. The van der Waals surface area contributed by atoms with Gasteiger partial charge in [-0.3, -0.25) is 9.48 Å². The van der Waals surface area contributed by atoms with Gasteiger partial charge in [-0.05, 0) is 36.5 Å². The van der Waals surface area contributed by atoms with E-state index in [9.17, 15) is 9.18 Å². The van der Waals surface area contributed by atoms with Crippen LogP contribution in [0.25, 0.3) is 11.4 Å². The van der Waals surface area contributed by atoms with Crippen molar-refractivity contribution in [2.75, 3.05) is 19.0 Å². The van der Waals surface area contributed by atoms with Gasteiger partial charge in [0.15, 0.2) is 5.82 Å². The number of methoxy groups -OCH3 is 1. The standard InChI is InChI=1S/C25H27FN8O2/c1-15-5-6-17(9-19(15)26)11-34-18(14-36-4)12-33-13-20(29-23(33)24(34)35)22-16(2)10-27-25(31-22)30-21-7-8-28-32(21)3/h5-10,13,18H,11-12,14H2,1-4H3,(H,27,30,31)/t18-/m1/s1/i2D3,11D2. The number of nitrogens with zero attached hydrogens (tertiary/aromatic N) is 7. The molecule has 0 fully saturated rings. The molecule has 0 spiro atoms. The van der Waals surface area contributed by atoms with Crippen molar-refractivity contribution in [2.24, 2.45) is 7.05 Å². The molecule has 0 bridgehead atoms. The van der Waals surface area contributed by atoms with E-state index >= 15 is 0 Å². The van der Waals surface area contributed by atoms with Crippen molar-refractivity contribution in [3.05, 3.63) is 71.2 Å². The van der Waals surface area contributed by atoms with Crippen molar-refractivity contribution in [1.29, 1.82) is 0 Å². The first-order valence-corrected chi connectivity index (χ1v) is 11.1. The van der Waals surface area contributed by atoms with Crippen LogP contribution in [0.5, 0.6) is 0 Å². The second-order valence-corrected chi connectivity index (χ2v) is 8.38. The molecule has 11 heteroatoms. The number of imidazole rings is 1. The first-order chi connectivity index (χ1) is 19.3. The van der Waals surface area contributed by atoms with E-state index < -0.39 is 31.1 Å². The van der Waals surface area contributed by atoms with Crippen LogP contribution in [0.3, 0.4) is 0 Å². The summed E-state index contributed by atoms with van der Waals surface area (Å²) in [6.45, 7) is -3.37. The molecule has 36 heavy (non-hydrogen) atoms. The van der Waals surface area contributed by atoms with Crippen molar-refractivity contribution in [3.63, 3.8) is 0 Å². The number of nitrogens with one attached hydrogen (secondary N) is 1. The van der Waals surface area contributed by atoms with Crippen LogP contribution in [0, 0.1) is 19.6 Å². The highest BCUT2D eigenvalue weighted by Gasteiger charge is 2.35. The zero-order chi connectivity index (χ0) is 29.7. The minimum atomic E-state index is -2.59. The molecular weight excluding hydrogens is 463 g/mol. The minimum absolute atomic E-state index is 0.0145. The third-order valence-electron chi connectivity index (χ3n) is 5.83. The van der Waals surface area contributed by atoms with Gasteiger partial charge >= 0.3 is 0 Å². The number of hydrogen-bond acceptors (Lipinski definition) is 7. The van der Waals surface area contributed by atoms with Crippen LogP contribution >= 0.6 is 0 Å². The molecule has 3 aromatic heterocycles. The Balaban J connectivity index is 1.58. The number of amides is 1. The summed E-state index contributed by atoms with van der Waals surface area (Å²) in [5.41, 5.74) is 0.205. The molecule has 4 aromatic rings. The fourth-order valence-electron chi connectivity index (χ4n) is 3.93. The number of hydrogen-bond donors (Lipinski definition) is 1. The average molecular weight is 496 g/mol. The smallest absolute Gasteiger partial charge is 0.290 e. The van der Waals surface area contributed by atoms with Gasteiger partial charge in [-0.15, -0.1) is 0 Å². The largest absolute Gasteiger partial charge is 0.382 e. The van der Waals surface area contributed by atoms with Crippen LogP contribution in [0.2, 0.25) is 0 Å². The first kappa shape index (κ1) is 18.2. The van der Waals surface area contributed by atoms with E-state index in [4.69, 9.17) is 11.6 Å². The predicted molar refractivity (Wildman–Crippen MR) is 131 cm³/mol. The van der Waals surface area contributed by atoms with E-state index in [-0.39, 0.29) is 47.4 Å². The van der Waals surface area contributed by atoms with Crippen LogP contribution in [-0.4, -0.2) is 59.9 Å². The molecule has 5 rings (SSSR count). The van der Waals surface area contributed by atoms with E-state index in [1.807, 2.05) is 0 Å². The van der Waals surface area contributed by atoms with Crippen LogP contribution in [-0.2, 0) is 24.8 Å². The molecule has 0 radical (unpaired) electrons. The third-order valence-corrected chi connectivity index (χ3v) is 5.83. The van der Waals surface area contributed by atoms with Crippen molar-refractivity contribution in [2.45, 2.75) is 32.9 Å². The number of ether oxygens (including phenoxy) is 1. The molecule has 0 saturated carbocycles. The van der Waals surface area contributed by atoms with E-state index in [2.05, 4.69) is 25.4 Å². The zero-order valence-corrected chi connectivity index (χ0v) is 19.9. The third kappa shape index (κ3) is 4.44. The highest BCUT2D eigenvalue weighted by atomic mass is 19.1. The summed E-state index contributed by atoms with van der Waals surface area (Å²) in [5.74, 6) is -0.844. The molecule has 186 valence electrons. The maximum atomic E-state index is 14.4. The Morgan fingerprint density at radius 2 is 2.17 bits per heavy atom. The second-order valence-electron chi connectivity index (χ2n) is 8.38. The van der Waals surface area contributed by atoms with Crippen LogP contribution in [0.1, 0.15) is 34.2 Å². The number of halogens is 1.